The Morgan fingerprint density at radius 2 is 2.08 bits per heavy atom. The van der Waals surface area contributed by atoms with E-state index in [-0.39, 0.29) is 12.4 Å². The number of fused-ring (bicyclic) bond motifs is 1. The molecule has 1 aliphatic heterocycles. The first-order valence-corrected chi connectivity index (χ1v) is 7.84. The third-order valence-corrected chi connectivity index (χ3v) is 3.97. The third kappa shape index (κ3) is 3.14. The number of carbonyl (C=O) groups is 1. The lowest BCUT2D eigenvalue weighted by atomic mass is 10.0. The number of ketones is 1. The van der Waals surface area contributed by atoms with Crippen molar-refractivity contribution in [2.75, 3.05) is 0 Å². The quantitative estimate of drug-likeness (QED) is 0.791. The van der Waals surface area contributed by atoms with Crippen molar-refractivity contribution in [3.8, 4) is 5.75 Å². The second-order valence-corrected chi connectivity index (χ2v) is 5.68. The molecule has 0 aliphatic carbocycles. The van der Waals surface area contributed by atoms with Crippen molar-refractivity contribution >= 4 is 5.78 Å². The number of pyridine rings is 1. The largest absolute Gasteiger partial charge is 0.487 e. The molecule has 3 aromatic rings. The van der Waals surface area contributed by atoms with E-state index >= 15 is 0 Å². The van der Waals surface area contributed by atoms with Crippen LogP contribution in [0.5, 0.6) is 5.75 Å². The second kappa shape index (κ2) is 6.45. The molecule has 1 aromatic carbocycles. The average molecular weight is 338 g/mol. The summed E-state index contributed by atoms with van der Waals surface area (Å²) in [5, 5.41) is 7.46. The number of para-hydroxylation sites is 1. The van der Waals surface area contributed by atoms with Crippen LogP contribution in [-0.4, -0.2) is 20.5 Å². The van der Waals surface area contributed by atoms with Crippen molar-refractivity contribution < 1.29 is 13.9 Å². The lowest BCUT2D eigenvalue weighted by molar-refractivity contribution is 0.0897. The number of carbonyl (C=O) groups excluding carboxylic acids is 1. The molecule has 1 unspecified atom stereocenters. The van der Waals surface area contributed by atoms with Gasteiger partial charge >= 0.3 is 0 Å². The molecule has 4 rings (SSSR count). The van der Waals surface area contributed by atoms with Gasteiger partial charge in [0.2, 0.25) is 5.78 Å². The minimum Gasteiger partial charge on any atom is -0.487 e. The number of Topliss-reactive ketones (excluding diaryl/α,β-unsaturated/α-hetero) is 1. The van der Waals surface area contributed by atoms with Gasteiger partial charge in [0.05, 0.1) is 18.6 Å². The number of nitrogens with zero attached hydrogens (tertiary/aromatic N) is 3. The normalized spacial score (nSPS) is 16.5. The van der Waals surface area contributed by atoms with E-state index in [1.165, 1.54) is 12.1 Å². The van der Waals surface area contributed by atoms with E-state index < -0.39 is 11.9 Å². The van der Waals surface area contributed by atoms with Gasteiger partial charge in [0.25, 0.3) is 0 Å². The van der Waals surface area contributed by atoms with Crippen LogP contribution in [0.1, 0.15) is 27.9 Å². The Morgan fingerprint density at radius 1 is 1.24 bits per heavy atom. The van der Waals surface area contributed by atoms with E-state index in [4.69, 9.17) is 4.74 Å². The zero-order valence-electron chi connectivity index (χ0n) is 13.2. The van der Waals surface area contributed by atoms with Gasteiger partial charge in [-0.25, -0.2) is 9.07 Å². The molecule has 0 fully saturated rings. The molecule has 0 bridgehead atoms. The molecule has 6 nitrogen and oxygen atoms in total. The van der Waals surface area contributed by atoms with E-state index in [0.717, 1.165) is 11.9 Å². The molecule has 25 heavy (non-hydrogen) atoms. The number of benzene rings is 1. The van der Waals surface area contributed by atoms with E-state index in [1.54, 1.807) is 10.7 Å². The molecule has 126 valence electrons. The molecular formula is C18H15FN4O2. The van der Waals surface area contributed by atoms with Gasteiger partial charge in [-0.1, -0.05) is 18.2 Å². The fourth-order valence-corrected chi connectivity index (χ4v) is 2.75. The van der Waals surface area contributed by atoms with Crippen LogP contribution in [0.15, 0.2) is 54.7 Å². The van der Waals surface area contributed by atoms with E-state index in [1.807, 2.05) is 30.3 Å². The first kappa shape index (κ1) is 15.5. The van der Waals surface area contributed by atoms with Crippen molar-refractivity contribution in [2.45, 2.75) is 19.3 Å². The molecule has 0 spiro atoms. The van der Waals surface area contributed by atoms with E-state index in [9.17, 15) is 9.18 Å². The van der Waals surface area contributed by atoms with Crippen LogP contribution in [0.4, 0.5) is 4.39 Å². The Morgan fingerprint density at radius 3 is 2.84 bits per heavy atom. The standard InChI is InChI=1S/C18H15FN4O2/c19-12-6-7-15(20-9-12)17-18(24)16-8-13(22-23(16)11-21-17)10-25-14-4-2-1-3-5-14/h1-9,17,21H,10-11H2. The monoisotopic (exact) mass is 338 g/mol. The lowest BCUT2D eigenvalue weighted by Crippen LogP contribution is -2.38. The predicted octanol–water partition coefficient (Wildman–Crippen LogP) is 2.48. The van der Waals surface area contributed by atoms with Crippen LogP contribution in [-0.2, 0) is 13.3 Å². The number of rotatable bonds is 4. The molecule has 7 heteroatoms. The van der Waals surface area contributed by atoms with Gasteiger partial charge in [-0.05, 0) is 30.3 Å². The van der Waals surface area contributed by atoms with Crippen molar-refractivity contribution in [1.82, 2.24) is 20.1 Å². The van der Waals surface area contributed by atoms with Crippen molar-refractivity contribution in [3.05, 3.63) is 77.6 Å². The van der Waals surface area contributed by atoms with Crippen LogP contribution >= 0.6 is 0 Å². The van der Waals surface area contributed by atoms with Gasteiger partial charge in [0, 0.05) is 0 Å². The Labute approximate surface area is 143 Å². The predicted molar refractivity (Wildman–Crippen MR) is 87.4 cm³/mol. The minimum atomic E-state index is -0.604. The summed E-state index contributed by atoms with van der Waals surface area (Å²) in [6.45, 7) is 0.646. The number of aromatic nitrogens is 3. The molecule has 3 heterocycles. The summed E-state index contributed by atoms with van der Waals surface area (Å²) in [7, 11) is 0. The summed E-state index contributed by atoms with van der Waals surface area (Å²) in [5.74, 6) is 0.160. The van der Waals surface area contributed by atoms with Gasteiger partial charge < -0.3 is 4.74 Å². The van der Waals surface area contributed by atoms with Crippen molar-refractivity contribution in [3.63, 3.8) is 0 Å². The number of halogens is 1. The van der Waals surface area contributed by atoms with E-state index in [0.29, 0.717) is 23.8 Å². The molecule has 1 N–H and O–H groups in total. The topological polar surface area (TPSA) is 69.0 Å². The number of hydrogen-bond donors (Lipinski definition) is 1. The number of hydrogen-bond acceptors (Lipinski definition) is 5. The summed E-state index contributed by atoms with van der Waals surface area (Å²) in [6.07, 6.45) is 1.11. The lowest BCUT2D eigenvalue weighted by Gasteiger charge is -2.22. The first-order chi connectivity index (χ1) is 12.2. The molecule has 0 amide bonds. The highest BCUT2D eigenvalue weighted by Gasteiger charge is 2.30. The molecule has 0 saturated heterocycles. The summed E-state index contributed by atoms with van der Waals surface area (Å²) in [5.41, 5.74) is 1.64. The molecule has 1 aliphatic rings. The zero-order chi connectivity index (χ0) is 17.2. The van der Waals surface area contributed by atoms with Crippen LogP contribution in [0, 0.1) is 5.82 Å². The maximum Gasteiger partial charge on any atom is 0.203 e. The van der Waals surface area contributed by atoms with Gasteiger partial charge in [-0.3, -0.25) is 15.1 Å². The van der Waals surface area contributed by atoms with Crippen LogP contribution in [0.2, 0.25) is 0 Å². The average Bonchev–Trinajstić information content (AvgIpc) is 3.06. The molecule has 0 saturated carbocycles. The van der Waals surface area contributed by atoms with Gasteiger partial charge in [-0.15, -0.1) is 0 Å². The fourth-order valence-electron chi connectivity index (χ4n) is 2.75. The van der Waals surface area contributed by atoms with E-state index in [2.05, 4.69) is 15.4 Å². The Bertz CT molecular complexity index is 893. The minimum absolute atomic E-state index is 0.149. The molecular weight excluding hydrogens is 323 g/mol. The number of ether oxygens (including phenoxy) is 1. The highest BCUT2D eigenvalue weighted by Crippen LogP contribution is 2.22. The Balaban J connectivity index is 1.51. The second-order valence-electron chi connectivity index (χ2n) is 5.68. The summed E-state index contributed by atoms with van der Waals surface area (Å²) in [4.78, 5) is 16.7. The van der Waals surface area contributed by atoms with Gasteiger partial charge in [0.15, 0.2) is 0 Å². The first-order valence-electron chi connectivity index (χ1n) is 7.84. The van der Waals surface area contributed by atoms with Crippen molar-refractivity contribution in [2.24, 2.45) is 0 Å². The fraction of sp³-hybridized carbons (Fsp3) is 0.167. The maximum absolute atomic E-state index is 13.0. The van der Waals surface area contributed by atoms with Crippen LogP contribution < -0.4 is 10.1 Å². The maximum atomic E-state index is 13.0. The summed E-state index contributed by atoms with van der Waals surface area (Å²) >= 11 is 0. The highest BCUT2D eigenvalue weighted by molar-refractivity contribution is 5.99. The third-order valence-electron chi connectivity index (χ3n) is 3.97. The Hall–Kier alpha value is -3.06. The highest BCUT2D eigenvalue weighted by atomic mass is 19.1. The smallest absolute Gasteiger partial charge is 0.203 e. The Kier molecular flexibility index (Phi) is 3.99. The van der Waals surface area contributed by atoms with Crippen molar-refractivity contribution in [1.29, 1.82) is 0 Å². The molecule has 0 radical (unpaired) electrons. The molecule has 2 aromatic heterocycles. The zero-order valence-corrected chi connectivity index (χ0v) is 13.2. The van der Waals surface area contributed by atoms with Gasteiger partial charge in [-0.2, -0.15) is 5.10 Å². The summed E-state index contributed by atoms with van der Waals surface area (Å²) in [6, 6.07) is 13.3. The van der Waals surface area contributed by atoms with Gasteiger partial charge in [0.1, 0.15) is 35.6 Å². The van der Waals surface area contributed by atoms with Crippen LogP contribution in [0.3, 0.4) is 0 Å². The molecule has 1 atom stereocenters. The summed E-state index contributed by atoms with van der Waals surface area (Å²) < 4.78 is 20.3. The number of nitrogens with one attached hydrogen (secondary N) is 1. The van der Waals surface area contributed by atoms with Crippen LogP contribution in [0.25, 0.3) is 0 Å². The SMILES string of the molecule is O=C1c2cc(COc3ccccc3)nn2CNC1c1ccc(F)cn1.